The van der Waals surface area contributed by atoms with E-state index in [2.05, 4.69) is 57.7 Å². The van der Waals surface area contributed by atoms with Crippen LogP contribution in [0.15, 0.2) is 85.1 Å². The number of carbonyl (C=O) groups is 1. The first-order valence-corrected chi connectivity index (χ1v) is 12.3. The van der Waals surface area contributed by atoms with Gasteiger partial charge in [0.05, 0.1) is 5.69 Å². The van der Waals surface area contributed by atoms with Crippen molar-refractivity contribution >= 4 is 22.8 Å². The zero-order valence-corrected chi connectivity index (χ0v) is 19.8. The second-order valence-corrected chi connectivity index (χ2v) is 9.01. The molecule has 2 heterocycles. The van der Waals surface area contributed by atoms with Crippen LogP contribution >= 0.6 is 0 Å². The van der Waals surface area contributed by atoms with Crippen LogP contribution in [0.2, 0.25) is 0 Å². The molecule has 0 aliphatic carbocycles. The van der Waals surface area contributed by atoms with Crippen molar-refractivity contribution in [1.29, 1.82) is 0 Å². The summed E-state index contributed by atoms with van der Waals surface area (Å²) in [5.41, 5.74) is 3.04. The molecule has 0 saturated carbocycles. The van der Waals surface area contributed by atoms with Gasteiger partial charge in [-0.3, -0.25) is 0 Å². The Morgan fingerprint density at radius 2 is 1.71 bits per heavy atom. The maximum Gasteiger partial charge on any atom is 0.407 e. The van der Waals surface area contributed by atoms with Crippen molar-refractivity contribution in [3.8, 4) is 11.3 Å². The van der Waals surface area contributed by atoms with E-state index < -0.39 is 0 Å². The van der Waals surface area contributed by atoms with E-state index in [9.17, 15) is 4.79 Å². The van der Waals surface area contributed by atoms with Crippen molar-refractivity contribution in [2.75, 3.05) is 24.5 Å². The first kappa shape index (κ1) is 22.8. The largest absolute Gasteiger partial charge is 0.445 e. The Hall–Kier alpha value is -3.93. The van der Waals surface area contributed by atoms with Gasteiger partial charge in [-0.05, 0) is 53.6 Å². The van der Waals surface area contributed by atoms with Crippen LogP contribution in [-0.2, 0) is 11.3 Å². The minimum absolute atomic E-state index is 0.295. The summed E-state index contributed by atoms with van der Waals surface area (Å²) in [6.07, 6.45) is 4.57. The third-order valence-corrected chi connectivity index (χ3v) is 6.62. The van der Waals surface area contributed by atoms with Gasteiger partial charge in [-0.25, -0.2) is 14.8 Å². The summed E-state index contributed by atoms with van der Waals surface area (Å²) in [5.74, 6) is 1.36. The average Bonchev–Trinajstić information content (AvgIpc) is 2.93. The van der Waals surface area contributed by atoms with Gasteiger partial charge in [0.25, 0.3) is 0 Å². The number of nitrogens with zero attached hydrogens (tertiary/aromatic N) is 3. The van der Waals surface area contributed by atoms with Crippen LogP contribution in [0.1, 0.15) is 24.8 Å². The molecule has 178 valence electrons. The minimum atomic E-state index is -0.356. The Morgan fingerprint density at radius 3 is 2.54 bits per heavy atom. The van der Waals surface area contributed by atoms with E-state index in [0.717, 1.165) is 55.1 Å². The number of rotatable bonds is 7. The highest BCUT2D eigenvalue weighted by atomic mass is 16.5. The van der Waals surface area contributed by atoms with E-state index in [1.807, 2.05) is 42.6 Å². The number of ether oxygens (including phenoxy) is 1. The van der Waals surface area contributed by atoms with Crippen LogP contribution in [0.5, 0.6) is 0 Å². The van der Waals surface area contributed by atoms with Gasteiger partial charge in [-0.15, -0.1) is 0 Å². The smallest absolute Gasteiger partial charge is 0.407 e. The molecule has 1 amide bonds. The molecule has 5 rings (SSSR count). The molecule has 0 bridgehead atoms. The summed E-state index contributed by atoms with van der Waals surface area (Å²) in [5, 5.41) is 5.32. The van der Waals surface area contributed by atoms with Gasteiger partial charge in [0.15, 0.2) is 0 Å². The van der Waals surface area contributed by atoms with Crippen LogP contribution in [-0.4, -0.2) is 35.7 Å². The molecule has 1 fully saturated rings. The number of alkyl carbamates (subject to hydrolysis) is 1. The standard InChI is InChI=1S/C29H30N4O2/c34-29(35-21-23-6-2-1-3-7-23)31-16-12-22-14-18-33(19-15-22)28-30-17-13-27(32-28)26-11-10-24-8-4-5-9-25(24)20-26/h1-11,13,17,20,22H,12,14-16,18-19,21H2,(H,31,34). The summed E-state index contributed by atoms with van der Waals surface area (Å²) < 4.78 is 5.29. The van der Waals surface area contributed by atoms with Crippen LogP contribution in [0.25, 0.3) is 22.0 Å². The van der Waals surface area contributed by atoms with E-state index >= 15 is 0 Å². The molecule has 0 unspecified atom stereocenters. The Morgan fingerprint density at radius 1 is 0.943 bits per heavy atom. The fourth-order valence-electron chi connectivity index (χ4n) is 4.58. The lowest BCUT2D eigenvalue weighted by atomic mass is 9.94. The number of hydrogen-bond acceptors (Lipinski definition) is 5. The van der Waals surface area contributed by atoms with Crippen molar-refractivity contribution in [3.05, 3.63) is 90.6 Å². The number of piperidine rings is 1. The summed E-state index contributed by atoms with van der Waals surface area (Å²) >= 11 is 0. The Labute approximate surface area is 206 Å². The molecule has 1 aromatic heterocycles. The van der Waals surface area contributed by atoms with E-state index in [-0.39, 0.29) is 6.09 Å². The third-order valence-electron chi connectivity index (χ3n) is 6.62. The highest BCUT2D eigenvalue weighted by molar-refractivity contribution is 5.86. The summed E-state index contributed by atoms with van der Waals surface area (Å²) in [6.45, 7) is 2.77. The number of fused-ring (bicyclic) bond motifs is 1. The molecule has 0 spiro atoms. The van der Waals surface area contributed by atoms with Gasteiger partial charge >= 0.3 is 6.09 Å². The van der Waals surface area contributed by atoms with Crippen molar-refractivity contribution in [2.45, 2.75) is 25.9 Å². The van der Waals surface area contributed by atoms with Crippen LogP contribution in [0.3, 0.4) is 0 Å². The van der Waals surface area contributed by atoms with E-state index in [4.69, 9.17) is 9.72 Å². The van der Waals surface area contributed by atoms with Crippen LogP contribution in [0.4, 0.5) is 10.7 Å². The first-order chi connectivity index (χ1) is 17.2. The lowest BCUT2D eigenvalue weighted by molar-refractivity contribution is 0.139. The maximum absolute atomic E-state index is 12.0. The number of aromatic nitrogens is 2. The highest BCUT2D eigenvalue weighted by Crippen LogP contribution is 2.26. The predicted molar refractivity (Wildman–Crippen MR) is 139 cm³/mol. The molecule has 0 atom stereocenters. The number of anilines is 1. The Bertz CT molecular complexity index is 1270. The molecule has 0 radical (unpaired) electrons. The molecular weight excluding hydrogens is 436 g/mol. The number of carbonyl (C=O) groups excluding carboxylic acids is 1. The normalized spacial score (nSPS) is 14.1. The number of nitrogens with one attached hydrogen (secondary N) is 1. The van der Waals surface area contributed by atoms with Crippen molar-refractivity contribution < 1.29 is 9.53 Å². The van der Waals surface area contributed by atoms with E-state index in [1.54, 1.807) is 0 Å². The van der Waals surface area contributed by atoms with Gasteiger partial charge in [0.1, 0.15) is 6.61 Å². The quantitative estimate of drug-likeness (QED) is 0.371. The SMILES string of the molecule is O=C(NCCC1CCN(c2nccc(-c3ccc4ccccc4c3)n2)CC1)OCc1ccccc1. The first-order valence-electron chi connectivity index (χ1n) is 12.3. The van der Waals surface area contributed by atoms with Crippen molar-refractivity contribution in [1.82, 2.24) is 15.3 Å². The summed E-state index contributed by atoms with van der Waals surface area (Å²) in [4.78, 5) is 23.6. The van der Waals surface area contributed by atoms with Crippen LogP contribution < -0.4 is 10.2 Å². The zero-order chi connectivity index (χ0) is 23.9. The minimum Gasteiger partial charge on any atom is -0.445 e. The molecule has 1 aliphatic rings. The molecule has 4 aromatic rings. The molecule has 1 saturated heterocycles. The molecular formula is C29H30N4O2. The highest BCUT2D eigenvalue weighted by Gasteiger charge is 2.21. The molecule has 35 heavy (non-hydrogen) atoms. The van der Waals surface area contributed by atoms with Crippen molar-refractivity contribution in [3.63, 3.8) is 0 Å². The van der Waals surface area contributed by atoms with E-state index in [1.165, 1.54) is 10.8 Å². The van der Waals surface area contributed by atoms with Crippen LogP contribution in [0, 0.1) is 5.92 Å². The topological polar surface area (TPSA) is 67.4 Å². The number of amides is 1. The fourth-order valence-corrected chi connectivity index (χ4v) is 4.58. The molecule has 6 heteroatoms. The molecule has 1 N–H and O–H groups in total. The lowest BCUT2D eigenvalue weighted by Gasteiger charge is -2.32. The van der Waals surface area contributed by atoms with Gasteiger partial charge in [0, 0.05) is 31.4 Å². The Balaban J connectivity index is 1.09. The van der Waals surface area contributed by atoms with Gasteiger partial charge < -0.3 is 15.0 Å². The predicted octanol–water partition coefficient (Wildman–Crippen LogP) is 5.83. The zero-order valence-electron chi connectivity index (χ0n) is 19.8. The molecule has 6 nitrogen and oxygen atoms in total. The molecule has 1 aliphatic heterocycles. The Kier molecular flexibility index (Phi) is 7.18. The summed E-state index contributed by atoms with van der Waals surface area (Å²) in [7, 11) is 0. The number of benzene rings is 3. The monoisotopic (exact) mass is 466 g/mol. The lowest BCUT2D eigenvalue weighted by Crippen LogP contribution is -2.36. The fraction of sp³-hybridized carbons (Fsp3) is 0.276. The maximum atomic E-state index is 12.0. The summed E-state index contributed by atoms with van der Waals surface area (Å²) in [6, 6.07) is 26.5. The number of hydrogen-bond donors (Lipinski definition) is 1. The van der Waals surface area contributed by atoms with Gasteiger partial charge in [-0.2, -0.15) is 0 Å². The average molecular weight is 467 g/mol. The van der Waals surface area contributed by atoms with Gasteiger partial charge in [0.2, 0.25) is 5.95 Å². The van der Waals surface area contributed by atoms with Crippen molar-refractivity contribution in [2.24, 2.45) is 5.92 Å². The van der Waals surface area contributed by atoms with E-state index in [0.29, 0.717) is 19.1 Å². The van der Waals surface area contributed by atoms with Gasteiger partial charge in [-0.1, -0.05) is 66.7 Å². The second-order valence-electron chi connectivity index (χ2n) is 9.01. The second kappa shape index (κ2) is 11.0. The molecule has 3 aromatic carbocycles. The third kappa shape index (κ3) is 5.96.